The lowest BCUT2D eigenvalue weighted by atomic mass is 9.67. The molecule has 2 atom stereocenters. The van der Waals surface area contributed by atoms with Crippen LogP contribution in [0.15, 0.2) is 17.1 Å². The van der Waals surface area contributed by atoms with Gasteiger partial charge < -0.3 is 10.0 Å². The van der Waals surface area contributed by atoms with Crippen LogP contribution in [0.4, 0.5) is 0 Å². The molecule has 1 rings (SSSR count). The van der Waals surface area contributed by atoms with Crippen LogP contribution in [0.1, 0.15) is 12.8 Å². The monoisotopic (exact) mass is 181 g/mol. The highest BCUT2D eigenvalue weighted by Crippen LogP contribution is 2.27. The molecular weight excluding hydrogens is 169 g/mol. The van der Waals surface area contributed by atoms with Crippen LogP contribution in [0.5, 0.6) is 0 Å². The summed E-state index contributed by atoms with van der Waals surface area (Å²) in [5.41, 5.74) is 0. The second-order valence-corrected chi connectivity index (χ2v) is 3.14. The number of amides is 1. The Bertz CT molecular complexity index is 240. The maximum Gasteiger partial charge on any atom is 0.458 e. The quantitative estimate of drug-likeness (QED) is 0.358. The maximum absolute atomic E-state index is 11.0. The number of allylic oxidation sites excluding steroid dienone is 1. The normalized spacial score (nSPS) is 26.9. The van der Waals surface area contributed by atoms with E-state index in [2.05, 4.69) is 11.7 Å². The predicted molar refractivity (Wildman–Crippen MR) is 50.4 cm³/mol. The van der Waals surface area contributed by atoms with E-state index in [0.717, 1.165) is 0 Å². The fraction of sp³-hybridized carbons (Fsp3) is 0.500. The number of hydrogen-bond acceptors (Lipinski definition) is 3. The molecule has 0 aliphatic heterocycles. The molecule has 0 aromatic rings. The van der Waals surface area contributed by atoms with Crippen molar-refractivity contribution >= 4 is 19.7 Å². The number of aliphatic imine (C=N–C) groups is 1. The highest BCUT2D eigenvalue weighted by atomic mass is 16.4. The predicted octanol–water partition coefficient (Wildman–Crippen LogP) is 0.0228. The number of carbonyl (C=O) groups excluding carboxylic acids is 1. The molecule has 13 heavy (non-hydrogen) atoms. The smallest absolute Gasteiger partial charge is 0.427 e. The fourth-order valence-electron chi connectivity index (χ4n) is 1.41. The molecule has 1 aliphatic carbocycles. The minimum Gasteiger partial charge on any atom is -0.427 e. The molecule has 1 amide bonds. The molecule has 0 radical (unpaired) electrons. The van der Waals surface area contributed by atoms with Crippen LogP contribution >= 0.6 is 0 Å². The van der Waals surface area contributed by atoms with E-state index in [1.165, 1.54) is 0 Å². The van der Waals surface area contributed by atoms with Crippen LogP contribution in [0.2, 0.25) is 5.82 Å². The number of carbonyl (C=O) groups is 1. The van der Waals surface area contributed by atoms with Gasteiger partial charge in [-0.05, 0) is 19.6 Å². The molecule has 5 heteroatoms. The summed E-state index contributed by atoms with van der Waals surface area (Å²) in [6.45, 7) is 3.16. The standard InChI is InChI=1S/C8H12BNO3/c1-10-8(11)6-2-4-7(5-3-6)9(12)13/h2,4,6-7,12-13H,1,3,5H2. The summed E-state index contributed by atoms with van der Waals surface area (Å²) in [6.07, 6.45) is 4.53. The lowest BCUT2D eigenvalue weighted by Crippen LogP contribution is -2.23. The largest absolute Gasteiger partial charge is 0.458 e. The summed E-state index contributed by atoms with van der Waals surface area (Å²) >= 11 is 0. The van der Waals surface area contributed by atoms with Gasteiger partial charge in [0.2, 0.25) is 0 Å². The summed E-state index contributed by atoms with van der Waals surface area (Å²) in [5, 5.41) is 17.7. The van der Waals surface area contributed by atoms with Crippen molar-refractivity contribution in [3.8, 4) is 0 Å². The Morgan fingerprint density at radius 2 is 2.15 bits per heavy atom. The summed E-state index contributed by atoms with van der Waals surface area (Å²) < 4.78 is 0. The van der Waals surface area contributed by atoms with Gasteiger partial charge in [-0.15, -0.1) is 0 Å². The number of hydrogen-bond donors (Lipinski definition) is 2. The van der Waals surface area contributed by atoms with Crippen molar-refractivity contribution in [1.29, 1.82) is 0 Å². The van der Waals surface area contributed by atoms with Crippen LogP contribution in [-0.4, -0.2) is 29.8 Å². The third kappa shape index (κ3) is 2.50. The molecule has 0 saturated heterocycles. The molecule has 70 valence electrons. The van der Waals surface area contributed by atoms with E-state index in [1.807, 2.05) is 0 Å². The first-order valence-electron chi connectivity index (χ1n) is 4.20. The van der Waals surface area contributed by atoms with Crippen molar-refractivity contribution in [2.24, 2.45) is 10.9 Å². The molecule has 1 aliphatic rings. The Kier molecular flexibility index (Phi) is 3.39. The second kappa shape index (κ2) is 4.34. The van der Waals surface area contributed by atoms with Gasteiger partial charge in [0.1, 0.15) is 0 Å². The van der Waals surface area contributed by atoms with Crippen molar-refractivity contribution in [2.75, 3.05) is 0 Å². The fourth-order valence-corrected chi connectivity index (χ4v) is 1.41. The first-order chi connectivity index (χ1) is 6.15. The van der Waals surface area contributed by atoms with Gasteiger partial charge in [0.05, 0.1) is 5.92 Å². The Hall–Kier alpha value is -0.935. The Morgan fingerprint density at radius 1 is 1.46 bits per heavy atom. The Labute approximate surface area is 77.1 Å². The third-order valence-corrected chi connectivity index (χ3v) is 2.26. The number of nitrogens with zero attached hydrogens (tertiary/aromatic N) is 1. The number of rotatable bonds is 2. The summed E-state index contributed by atoms with van der Waals surface area (Å²) in [6, 6.07) is 0. The molecule has 2 N–H and O–H groups in total. The molecule has 0 bridgehead atoms. The first-order valence-corrected chi connectivity index (χ1v) is 4.20. The average molecular weight is 181 g/mol. The highest BCUT2D eigenvalue weighted by molar-refractivity contribution is 6.43. The molecular formula is C8H12BNO3. The zero-order valence-corrected chi connectivity index (χ0v) is 7.26. The van der Waals surface area contributed by atoms with Crippen LogP contribution < -0.4 is 0 Å². The average Bonchev–Trinajstić information content (AvgIpc) is 2.17. The SMILES string of the molecule is C=NC(=O)C1C=CC(B(O)O)CC1. The van der Waals surface area contributed by atoms with Crippen LogP contribution in [0.3, 0.4) is 0 Å². The zero-order chi connectivity index (χ0) is 9.84. The molecule has 0 fully saturated rings. The molecule has 0 spiro atoms. The minimum absolute atomic E-state index is 0.229. The van der Waals surface area contributed by atoms with E-state index in [0.29, 0.717) is 12.8 Å². The zero-order valence-electron chi connectivity index (χ0n) is 7.26. The van der Waals surface area contributed by atoms with E-state index in [4.69, 9.17) is 10.0 Å². The minimum atomic E-state index is -1.33. The van der Waals surface area contributed by atoms with Crippen molar-refractivity contribution in [1.82, 2.24) is 0 Å². The van der Waals surface area contributed by atoms with Crippen LogP contribution in [0.25, 0.3) is 0 Å². The molecule has 0 saturated carbocycles. The van der Waals surface area contributed by atoms with Gasteiger partial charge >= 0.3 is 7.12 Å². The maximum atomic E-state index is 11.0. The van der Waals surface area contributed by atoms with E-state index < -0.39 is 7.12 Å². The van der Waals surface area contributed by atoms with Crippen molar-refractivity contribution in [3.05, 3.63) is 12.2 Å². The summed E-state index contributed by atoms with van der Waals surface area (Å²) in [4.78, 5) is 14.4. The van der Waals surface area contributed by atoms with Gasteiger partial charge in [-0.3, -0.25) is 4.79 Å². The Balaban J connectivity index is 2.56. The summed E-state index contributed by atoms with van der Waals surface area (Å²) in [5.74, 6) is -0.733. The molecule has 0 heterocycles. The molecule has 2 unspecified atom stereocenters. The van der Waals surface area contributed by atoms with Gasteiger partial charge in [0.25, 0.3) is 5.91 Å². The van der Waals surface area contributed by atoms with Gasteiger partial charge in [-0.2, -0.15) is 0 Å². The van der Waals surface area contributed by atoms with Crippen molar-refractivity contribution < 1.29 is 14.8 Å². The highest BCUT2D eigenvalue weighted by Gasteiger charge is 2.27. The van der Waals surface area contributed by atoms with Gasteiger partial charge in [-0.1, -0.05) is 12.2 Å². The third-order valence-electron chi connectivity index (χ3n) is 2.26. The first kappa shape index (κ1) is 10.1. The topological polar surface area (TPSA) is 69.9 Å². The van der Waals surface area contributed by atoms with Gasteiger partial charge in [0.15, 0.2) is 0 Å². The van der Waals surface area contributed by atoms with Gasteiger partial charge in [-0.25, -0.2) is 4.99 Å². The van der Waals surface area contributed by atoms with Gasteiger partial charge in [0, 0.05) is 5.82 Å². The molecule has 0 aromatic heterocycles. The van der Waals surface area contributed by atoms with Crippen LogP contribution in [-0.2, 0) is 4.79 Å². The second-order valence-electron chi connectivity index (χ2n) is 3.14. The lowest BCUT2D eigenvalue weighted by Gasteiger charge is -2.19. The van der Waals surface area contributed by atoms with Crippen molar-refractivity contribution in [3.63, 3.8) is 0 Å². The van der Waals surface area contributed by atoms with E-state index >= 15 is 0 Å². The summed E-state index contributed by atoms with van der Waals surface area (Å²) in [7, 11) is -1.33. The lowest BCUT2D eigenvalue weighted by molar-refractivity contribution is -0.120. The van der Waals surface area contributed by atoms with E-state index in [9.17, 15) is 4.79 Å². The van der Waals surface area contributed by atoms with Crippen LogP contribution in [0, 0.1) is 5.92 Å². The molecule has 0 aromatic carbocycles. The van der Waals surface area contributed by atoms with E-state index in [-0.39, 0.29) is 17.6 Å². The molecule has 4 nitrogen and oxygen atoms in total. The van der Waals surface area contributed by atoms with E-state index in [1.54, 1.807) is 12.2 Å². The van der Waals surface area contributed by atoms with Crippen molar-refractivity contribution in [2.45, 2.75) is 18.7 Å². The Morgan fingerprint density at radius 3 is 2.54 bits per heavy atom.